The molecule has 0 radical (unpaired) electrons. The van der Waals surface area contributed by atoms with Crippen molar-refractivity contribution in [3.05, 3.63) is 114 Å². The Morgan fingerprint density at radius 3 is 2.42 bits per heavy atom. The van der Waals surface area contributed by atoms with Crippen LogP contribution in [0.5, 0.6) is 0 Å². The molecule has 2 amide bonds. The van der Waals surface area contributed by atoms with Gasteiger partial charge in [0.15, 0.2) is 5.76 Å². The van der Waals surface area contributed by atoms with E-state index in [4.69, 9.17) is 4.42 Å². The third-order valence-corrected chi connectivity index (χ3v) is 6.33. The minimum atomic E-state index is -0.470. The van der Waals surface area contributed by atoms with Gasteiger partial charge in [-0.2, -0.15) is 0 Å². The Kier molecular flexibility index (Phi) is 6.95. The molecule has 0 aliphatic rings. The molecule has 4 rings (SSSR count). The smallest absolute Gasteiger partial charge is 0.291 e. The van der Waals surface area contributed by atoms with Crippen LogP contribution in [-0.4, -0.2) is 11.8 Å². The van der Waals surface area contributed by atoms with Crippen LogP contribution in [0.4, 0.5) is 11.4 Å². The van der Waals surface area contributed by atoms with E-state index in [1.807, 2.05) is 80.6 Å². The van der Waals surface area contributed by atoms with E-state index in [2.05, 4.69) is 10.6 Å². The lowest BCUT2D eigenvalue weighted by molar-refractivity contribution is -0.115. The molecule has 5 nitrogen and oxygen atoms in total. The zero-order chi connectivity index (χ0) is 23.2. The van der Waals surface area contributed by atoms with Gasteiger partial charge >= 0.3 is 0 Å². The van der Waals surface area contributed by atoms with Gasteiger partial charge in [-0.1, -0.05) is 48.5 Å². The lowest BCUT2D eigenvalue weighted by Gasteiger charge is -2.19. The van der Waals surface area contributed by atoms with E-state index >= 15 is 0 Å². The van der Waals surface area contributed by atoms with E-state index in [1.54, 1.807) is 18.2 Å². The summed E-state index contributed by atoms with van der Waals surface area (Å²) in [6, 6.07) is 26.4. The largest absolute Gasteiger partial charge is 0.459 e. The maximum atomic E-state index is 13.4. The maximum Gasteiger partial charge on any atom is 0.291 e. The molecule has 0 saturated carbocycles. The molecule has 1 atom stereocenters. The molecule has 6 heteroatoms. The third-order valence-electron chi connectivity index (χ3n) is 5.08. The quantitative estimate of drug-likeness (QED) is 0.307. The predicted octanol–water partition coefficient (Wildman–Crippen LogP) is 6.62. The molecule has 0 aliphatic carbocycles. The average Bonchev–Trinajstić information content (AvgIpc) is 3.36. The normalized spacial score (nSPS) is 11.6. The topological polar surface area (TPSA) is 71.3 Å². The van der Waals surface area contributed by atoms with Crippen LogP contribution in [0.15, 0.2) is 101 Å². The first kappa shape index (κ1) is 22.4. The van der Waals surface area contributed by atoms with Gasteiger partial charge in [0, 0.05) is 16.3 Å². The van der Waals surface area contributed by atoms with Crippen molar-refractivity contribution in [2.24, 2.45) is 0 Å². The van der Waals surface area contributed by atoms with Crippen LogP contribution in [-0.2, 0) is 4.79 Å². The number of aryl methyl sites for hydroxylation is 2. The minimum absolute atomic E-state index is 0.107. The number of benzene rings is 3. The van der Waals surface area contributed by atoms with Gasteiger partial charge in [-0.05, 0) is 66.9 Å². The number of amides is 2. The highest BCUT2D eigenvalue weighted by molar-refractivity contribution is 8.00. The summed E-state index contributed by atoms with van der Waals surface area (Å²) in [6.45, 7) is 3.98. The number of hydrogen-bond acceptors (Lipinski definition) is 4. The van der Waals surface area contributed by atoms with Crippen LogP contribution >= 0.6 is 11.8 Å². The van der Waals surface area contributed by atoms with Crippen LogP contribution in [0.1, 0.15) is 32.5 Å². The summed E-state index contributed by atoms with van der Waals surface area (Å²) < 4.78 is 5.16. The Bertz CT molecular complexity index is 1250. The maximum absolute atomic E-state index is 13.4. The summed E-state index contributed by atoms with van der Waals surface area (Å²) in [5, 5.41) is 5.46. The molecule has 0 aliphatic heterocycles. The highest BCUT2D eigenvalue weighted by Crippen LogP contribution is 2.37. The SMILES string of the molecule is Cc1ccc(C)c(NC(=O)C(Sc2cccc(NC(=O)c3ccco3)c2)c2ccccc2)c1. The predicted molar refractivity (Wildman–Crippen MR) is 133 cm³/mol. The fraction of sp³-hybridized carbons (Fsp3) is 0.111. The van der Waals surface area contributed by atoms with Crippen LogP contribution in [0.3, 0.4) is 0 Å². The number of carbonyl (C=O) groups is 2. The van der Waals surface area contributed by atoms with Crippen molar-refractivity contribution in [2.75, 3.05) is 10.6 Å². The molecule has 1 unspecified atom stereocenters. The fourth-order valence-electron chi connectivity index (χ4n) is 3.35. The monoisotopic (exact) mass is 456 g/mol. The van der Waals surface area contributed by atoms with E-state index < -0.39 is 5.25 Å². The molecule has 166 valence electrons. The highest BCUT2D eigenvalue weighted by atomic mass is 32.2. The Morgan fingerprint density at radius 2 is 1.67 bits per heavy atom. The van der Waals surface area contributed by atoms with Crippen LogP contribution < -0.4 is 10.6 Å². The molecule has 0 saturated heterocycles. The number of thioether (sulfide) groups is 1. The molecule has 1 aromatic heterocycles. The molecular formula is C27H24N2O3S. The van der Waals surface area contributed by atoms with Gasteiger partial charge in [0.25, 0.3) is 5.91 Å². The van der Waals surface area contributed by atoms with Crippen molar-refractivity contribution in [2.45, 2.75) is 24.0 Å². The zero-order valence-corrected chi connectivity index (χ0v) is 19.2. The highest BCUT2D eigenvalue weighted by Gasteiger charge is 2.23. The first-order chi connectivity index (χ1) is 16.0. The van der Waals surface area contributed by atoms with E-state index in [-0.39, 0.29) is 17.6 Å². The van der Waals surface area contributed by atoms with Crippen LogP contribution in [0.25, 0.3) is 0 Å². The van der Waals surface area contributed by atoms with Gasteiger partial charge in [0.1, 0.15) is 5.25 Å². The Hall–Kier alpha value is -3.77. The fourth-order valence-corrected chi connectivity index (χ4v) is 4.44. The second kappa shape index (κ2) is 10.2. The Labute approximate surface area is 197 Å². The molecule has 2 N–H and O–H groups in total. The van der Waals surface area contributed by atoms with Crippen LogP contribution in [0.2, 0.25) is 0 Å². The third kappa shape index (κ3) is 5.73. The van der Waals surface area contributed by atoms with Crippen molar-refractivity contribution in [3.63, 3.8) is 0 Å². The van der Waals surface area contributed by atoms with Crippen molar-refractivity contribution < 1.29 is 14.0 Å². The van der Waals surface area contributed by atoms with Crippen molar-refractivity contribution in [1.29, 1.82) is 0 Å². The summed E-state index contributed by atoms with van der Waals surface area (Å²) in [5.74, 6) is -0.192. The van der Waals surface area contributed by atoms with Gasteiger partial charge in [-0.15, -0.1) is 11.8 Å². The zero-order valence-electron chi connectivity index (χ0n) is 18.4. The van der Waals surface area contributed by atoms with Gasteiger partial charge < -0.3 is 15.1 Å². The molecule has 3 aromatic carbocycles. The number of anilines is 2. The molecule has 0 fully saturated rings. The van der Waals surface area contributed by atoms with E-state index in [9.17, 15) is 9.59 Å². The first-order valence-corrected chi connectivity index (χ1v) is 11.4. The molecule has 0 spiro atoms. The summed E-state index contributed by atoms with van der Waals surface area (Å²) in [5.41, 5.74) is 4.42. The average molecular weight is 457 g/mol. The molecule has 0 bridgehead atoms. The molecule has 4 aromatic rings. The van der Waals surface area contributed by atoms with Gasteiger partial charge in [0.2, 0.25) is 5.91 Å². The summed E-state index contributed by atoms with van der Waals surface area (Å²) in [4.78, 5) is 26.6. The Morgan fingerprint density at radius 1 is 0.848 bits per heavy atom. The Balaban J connectivity index is 1.56. The van der Waals surface area contributed by atoms with Crippen LogP contribution in [0, 0.1) is 13.8 Å². The lowest BCUT2D eigenvalue weighted by Crippen LogP contribution is -2.19. The first-order valence-electron chi connectivity index (χ1n) is 10.5. The molecule has 33 heavy (non-hydrogen) atoms. The number of hydrogen-bond donors (Lipinski definition) is 2. The summed E-state index contributed by atoms with van der Waals surface area (Å²) >= 11 is 1.43. The van der Waals surface area contributed by atoms with E-state index in [0.29, 0.717) is 5.69 Å². The summed E-state index contributed by atoms with van der Waals surface area (Å²) in [6.07, 6.45) is 1.46. The van der Waals surface area contributed by atoms with E-state index in [1.165, 1.54) is 18.0 Å². The lowest BCUT2D eigenvalue weighted by atomic mass is 10.1. The summed E-state index contributed by atoms with van der Waals surface area (Å²) in [7, 11) is 0. The second-order valence-corrected chi connectivity index (χ2v) is 8.85. The molecule has 1 heterocycles. The number of rotatable bonds is 7. The standard InChI is InChI=1S/C27H24N2O3S/c1-18-13-14-19(2)23(16-18)29-27(31)25(20-8-4-3-5-9-20)33-22-11-6-10-21(17-22)28-26(30)24-12-7-15-32-24/h3-17,25H,1-2H3,(H,28,30)(H,29,31). The number of nitrogens with one attached hydrogen (secondary N) is 2. The van der Waals surface area contributed by atoms with Gasteiger partial charge in [-0.3, -0.25) is 9.59 Å². The minimum Gasteiger partial charge on any atom is -0.459 e. The van der Waals surface area contributed by atoms with Gasteiger partial charge in [0.05, 0.1) is 6.26 Å². The second-order valence-electron chi connectivity index (χ2n) is 7.68. The number of carbonyl (C=O) groups excluding carboxylic acids is 2. The van der Waals surface area contributed by atoms with Crippen molar-refractivity contribution in [1.82, 2.24) is 0 Å². The van der Waals surface area contributed by atoms with Crippen molar-refractivity contribution in [3.8, 4) is 0 Å². The van der Waals surface area contributed by atoms with Gasteiger partial charge in [-0.25, -0.2) is 0 Å². The molecular weight excluding hydrogens is 432 g/mol. The van der Waals surface area contributed by atoms with E-state index in [0.717, 1.165) is 27.3 Å². The number of furan rings is 1. The van der Waals surface area contributed by atoms with Crippen molar-refractivity contribution >= 4 is 35.0 Å².